The van der Waals surface area contributed by atoms with Gasteiger partial charge in [0.2, 0.25) is 0 Å². The predicted molar refractivity (Wildman–Crippen MR) is 73.7 cm³/mol. The second kappa shape index (κ2) is 6.34. The Morgan fingerprint density at radius 1 is 1.50 bits per heavy atom. The molecule has 1 aromatic rings. The van der Waals surface area contributed by atoms with E-state index in [1.807, 2.05) is 14.0 Å². The molecule has 0 aliphatic rings. The summed E-state index contributed by atoms with van der Waals surface area (Å²) in [7, 11) is 1.81. The molecule has 1 aromatic heterocycles. The first-order chi connectivity index (χ1) is 8.36. The van der Waals surface area contributed by atoms with Gasteiger partial charge in [-0.3, -0.25) is 9.48 Å². The van der Waals surface area contributed by atoms with E-state index in [1.54, 1.807) is 4.68 Å². The second-order valence-corrected chi connectivity index (χ2v) is 5.44. The van der Waals surface area contributed by atoms with E-state index in [1.165, 1.54) is 0 Å². The molecule has 0 saturated heterocycles. The van der Waals surface area contributed by atoms with Gasteiger partial charge in [-0.15, -0.1) is 0 Å². The lowest BCUT2D eigenvalue weighted by molar-refractivity contribution is -0.120. The van der Waals surface area contributed by atoms with E-state index in [2.05, 4.69) is 18.9 Å². The number of carbonyl (C=O) groups excluding carboxylic acids is 1. The largest absolute Gasteiger partial charge is 0.321 e. The monoisotopic (exact) mass is 271 g/mol. The van der Waals surface area contributed by atoms with Gasteiger partial charge in [-0.05, 0) is 18.8 Å². The van der Waals surface area contributed by atoms with Crippen LogP contribution in [0.25, 0.3) is 0 Å². The van der Waals surface area contributed by atoms with Crippen LogP contribution in [0.5, 0.6) is 0 Å². The minimum absolute atomic E-state index is 0.0243. The summed E-state index contributed by atoms with van der Waals surface area (Å²) in [5, 5.41) is 4.90. The zero-order valence-corrected chi connectivity index (χ0v) is 12.3. The van der Waals surface area contributed by atoms with Gasteiger partial charge in [0.05, 0.1) is 28.9 Å². The summed E-state index contributed by atoms with van der Waals surface area (Å²) in [6.45, 7) is 6.10. The number of hydrogen-bond acceptors (Lipinski definition) is 3. The van der Waals surface area contributed by atoms with Crippen LogP contribution in [0.3, 0.4) is 0 Å². The van der Waals surface area contributed by atoms with E-state index in [0.717, 1.165) is 17.8 Å². The molecule has 0 aliphatic heterocycles. The Labute approximate surface area is 113 Å². The first kappa shape index (κ1) is 15.2. The standard InChI is InChI=1S/C13H22ClN3O/c1-5-10-13(14)11(17(4)16-10)7-12(18)9(15)6-8(2)3/h8-9H,5-7,15H2,1-4H3. The van der Waals surface area contributed by atoms with Gasteiger partial charge in [0, 0.05) is 7.05 Å². The molecule has 2 N–H and O–H groups in total. The van der Waals surface area contributed by atoms with Crippen LogP contribution < -0.4 is 5.73 Å². The zero-order valence-electron chi connectivity index (χ0n) is 11.5. The van der Waals surface area contributed by atoms with Gasteiger partial charge in [-0.25, -0.2) is 0 Å². The molecule has 1 unspecified atom stereocenters. The Balaban J connectivity index is 2.79. The fraction of sp³-hybridized carbons (Fsp3) is 0.692. The molecule has 0 aromatic carbocycles. The van der Waals surface area contributed by atoms with Crippen LogP contribution in [-0.4, -0.2) is 21.6 Å². The number of Topliss-reactive ketones (excluding diaryl/α,β-unsaturated/α-hetero) is 1. The summed E-state index contributed by atoms with van der Waals surface area (Å²) in [6, 6.07) is -0.416. The van der Waals surface area contributed by atoms with Crippen molar-refractivity contribution in [2.24, 2.45) is 18.7 Å². The van der Waals surface area contributed by atoms with Crippen molar-refractivity contribution in [3.05, 3.63) is 16.4 Å². The topological polar surface area (TPSA) is 60.9 Å². The second-order valence-electron chi connectivity index (χ2n) is 5.06. The average molecular weight is 272 g/mol. The lowest BCUT2D eigenvalue weighted by Gasteiger charge is -2.13. The minimum atomic E-state index is -0.416. The number of halogens is 1. The zero-order chi connectivity index (χ0) is 13.9. The van der Waals surface area contributed by atoms with Crippen molar-refractivity contribution in [2.75, 3.05) is 0 Å². The van der Waals surface area contributed by atoms with Gasteiger partial charge in [0.25, 0.3) is 0 Å². The van der Waals surface area contributed by atoms with Crippen molar-refractivity contribution in [1.82, 2.24) is 9.78 Å². The molecule has 0 radical (unpaired) electrons. The van der Waals surface area contributed by atoms with Gasteiger partial charge in [0.15, 0.2) is 5.78 Å². The Morgan fingerprint density at radius 3 is 2.56 bits per heavy atom. The van der Waals surface area contributed by atoms with Crippen LogP contribution in [0.15, 0.2) is 0 Å². The van der Waals surface area contributed by atoms with Crippen LogP contribution >= 0.6 is 11.6 Å². The quantitative estimate of drug-likeness (QED) is 0.862. The third kappa shape index (κ3) is 3.56. The van der Waals surface area contributed by atoms with Crippen LogP contribution in [0.1, 0.15) is 38.6 Å². The molecule has 0 aliphatic carbocycles. The molecule has 0 fully saturated rings. The molecular weight excluding hydrogens is 250 g/mol. The predicted octanol–water partition coefficient (Wildman–Crippen LogP) is 2.12. The minimum Gasteiger partial charge on any atom is -0.321 e. The lowest BCUT2D eigenvalue weighted by atomic mass is 9.98. The normalized spacial score (nSPS) is 13.1. The number of carbonyl (C=O) groups is 1. The molecule has 0 spiro atoms. The molecule has 4 nitrogen and oxygen atoms in total. The van der Waals surface area contributed by atoms with Crippen LogP contribution in [0.2, 0.25) is 5.02 Å². The summed E-state index contributed by atoms with van der Waals surface area (Å²) >= 11 is 6.21. The molecule has 0 saturated carbocycles. The number of nitrogens with two attached hydrogens (primary N) is 1. The van der Waals surface area contributed by atoms with Crippen molar-refractivity contribution >= 4 is 17.4 Å². The summed E-state index contributed by atoms with van der Waals surface area (Å²) in [5.41, 5.74) is 7.48. The summed E-state index contributed by atoms with van der Waals surface area (Å²) < 4.78 is 1.68. The van der Waals surface area contributed by atoms with Crippen molar-refractivity contribution in [2.45, 2.75) is 46.1 Å². The Kier molecular flexibility index (Phi) is 5.35. The molecule has 0 amide bonds. The van der Waals surface area contributed by atoms with E-state index in [9.17, 15) is 4.79 Å². The number of aromatic nitrogens is 2. The highest BCUT2D eigenvalue weighted by Gasteiger charge is 2.20. The fourth-order valence-electron chi connectivity index (χ4n) is 1.95. The third-order valence-corrected chi connectivity index (χ3v) is 3.42. The first-order valence-corrected chi connectivity index (χ1v) is 6.73. The van der Waals surface area contributed by atoms with E-state index in [0.29, 0.717) is 17.4 Å². The summed E-state index contributed by atoms with van der Waals surface area (Å²) in [5.74, 6) is 0.438. The maximum atomic E-state index is 12.0. The highest BCUT2D eigenvalue weighted by Crippen LogP contribution is 2.22. The lowest BCUT2D eigenvalue weighted by Crippen LogP contribution is -2.33. The smallest absolute Gasteiger partial charge is 0.155 e. The fourth-order valence-corrected chi connectivity index (χ4v) is 2.31. The molecule has 18 heavy (non-hydrogen) atoms. The molecule has 1 atom stereocenters. The maximum Gasteiger partial charge on any atom is 0.155 e. The number of nitrogens with zero attached hydrogens (tertiary/aromatic N) is 2. The summed E-state index contributed by atoms with van der Waals surface area (Å²) in [4.78, 5) is 12.0. The molecule has 0 bridgehead atoms. The maximum absolute atomic E-state index is 12.0. The highest BCUT2D eigenvalue weighted by molar-refractivity contribution is 6.32. The number of rotatable bonds is 6. The molecule has 5 heteroatoms. The van der Waals surface area contributed by atoms with Gasteiger partial charge in [-0.2, -0.15) is 5.10 Å². The average Bonchev–Trinajstić information content (AvgIpc) is 2.55. The van der Waals surface area contributed by atoms with Gasteiger partial charge in [0.1, 0.15) is 0 Å². The van der Waals surface area contributed by atoms with Crippen molar-refractivity contribution < 1.29 is 4.79 Å². The molecule has 1 rings (SSSR count). The van der Waals surface area contributed by atoms with Crippen molar-refractivity contribution in [3.8, 4) is 0 Å². The van der Waals surface area contributed by atoms with Crippen LogP contribution in [0.4, 0.5) is 0 Å². The molecule has 1 heterocycles. The van der Waals surface area contributed by atoms with Crippen molar-refractivity contribution in [1.29, 1.82) is 0 Å². The molecular formula is C13H22ClN3O. The number of aryl methyl sites for hydroxylation is 2. The Morgan fingerprint density at radius 2 is 2.11 bits per heavy atom. The van der Waals surface area contributed by atoms with Gasteiger partial charge in [-0.1, -0.05) is 32.4 Å². The number of hydrogen-bond donors (Lipinski definition) is 1. The highest BCUT2D eigenvalue weighted by atomic mass is 35.5. The van der Waals surface area contributed by atoms with E-state index >= 15 is 0 Å². The van der Waals surface area contributed by atoms with E-state index in [-0.39, 0.29) is 12.2 Å². The Bertz CT molecular complexity index is 426. The van der Waals surface area contributed by atoms with Crippen LogP contribution in [0, 0.1) is 5.92 Å². The third-order valence-electron chi connectivity index (χ3n) is 2.98. The van der Waals surface area contributed by atoms with E-state index in [4.69, 9.17) is 17.3 Å². The SMILES string of the molecule is CCc1nn(C)c(CC(=O)C(N)CC(C)C)c1Cl. The number of ketones is 1. The van der Waals surface area contributed by atoms with Gasteiger partial charge < -0.3 is 5.73 Å². The first-order valence-electron chi connectivity index (χ1n) is 6.35. The van der Waals surface area contributed by atoms with Crippen molar-refractivity contribution in [3.63, 3.8) is 0 Å². The van der Waals surface area contributed by atoms with E-state index < -0.39 is 6.04 Å². The van der Waals surface area contributed by atoms with Crippen LogP contribution in [-0.2, 0) is 24.7 Å². The van der Waals surface area contributed by atoms with Gasteiger partial charge >= 0.3 is 0 Å². The Hall–Kier alpha value is -0.870. The molecule has 102 valence electrons. The summed E-state index contributed by atoms with van der Waals surface area (Å²) in [6.07, 6.45) is 1.73.